The number of thioether (sulfide) groups is 1. The maximum Gasteiger partial charge on any atom is 0.266 e. The van der Waals surface area contributed by atoms with E-state index in [1.165, 1.54) is 11.8 Å². The van der Waals surface area contributed by atoms with Gasteiger partial charge in [0.25, 0.3) is 5.91 Å². The van der Waals surface area contributed by atoms with Crippen LogP contribution in [0.25, 0.3) is 6.08 Å². The number of halogens is 1. The largest absolute Gasteiger partial charge is 0.550 e. The molecule has 23 heavy (non-hydrogen) atoms. The predicted octanol–water partition coefficient (Wildman–Crippen LogP) is 2.85. The lowest BCUT2D eigenvalue weighted by Gasteiger charge is -2.14. The second-order valence-electron chi connectivity index (χ2n) is 5.04. The molecule has 0 aliphatic carbocycles. The molecule has 0 N–H and O–H groups in total. The molecule has 1 aliphatic heterocycles. The second-order valence-corrected chi connectivity index (χ2v) is 7.12. The number of amides is 1. The highest BCUT2D eigenvalue weighted by molar-refractivity contribution is 8.26. The smallest absolute Gasteiger partial charge is 0.266 e. The van der Waals surface area contributed by atoms with Crippen LogP contribution in [0.1, 0.15) is 31.2 Å². The summed E-state index contributed by atoms with van der Waals surface area (Å²) in [6, 6.07) is 7.30. The Hall–Kier alpha value is -1.37. The maximum atomic E-state index is 12.4. The van der Waals surface area contributed by atoms with Crippen LogP contribution in [0, 0.1) is 0 Å². The van der Waals surface area contributed by atoms with Crippen LogP contribution in [0.3, 0.4) is 0 Å². The SMILES string of the molecule is O=C([O-])CCCCCN1C(=O)/C(=C/c2ccccc2Cl)SC1=S. The Balaban J connectivity index is 1.95. The number of carbonyl (C=O) groups excluding carboxylic acids is 2. The van der Waals surface area contributed by atoms with E-state index in [-0.39, 0.29) is 12.3 Å². The number of thiocarbonyl (C=S) groups is 1. The molecule has 0 unspecified atom stereocenters. The van der Waals surface area contributed by atoms with Crippen LogP contribution in [0.4, 0.5) is 0 Å². The number of nitrogens with zero attached hydrogens (tertiary/aromatic N) is 1. The van der Waals surface area contributed by atoms with Crippen molar-refractivity contribution in [2.45, 2.75) is 25.7 Å². The molecule has 1 saturated heterocycles. The highest BCUT2D eigenvalue weighted by Crippen LogP contribution is 2.33. The zero-order chi connectivity index (χ0) is 16.8. The molecule has 122 valence electrons. The van der Waals surface area contributed by atoms with Crippen molar-refractivity contribution in [1.82, 2.24) is 4.90 Å². The van der Waals surface area contributed by atoms with Crippen molar-refractivity contribution in [1.29, 1.82) is 0 Å². The Bertz CT molecular complexity index is 660. The van der Waals surface area contributed by atoms with Gasteiger partial charge in [0, 0.05) is 17.5 Å². The van der Waals surface area contributed by atoms with Gasteiger partial charge in [0.05, 0.1) is 4.91 Å². The average molecular weight is 369 g/mol. The van der Waals surface area contributed by atoms with E-state index in [0.717, 1.165) is 5.56 Å². The summed E-state index contributed by atoms with van der Waals surface area (Å²) in [6.07, 6.45) is 3.77. The van der Waals surface area contributed by atoms with Crippen molar-refractivity contribution in [3.05, 3.63) is 39.8 Å². The minimum Gasteiger partial charge on any atom is -0.550 e. The maximum absolute atomic E-state index is 12.4. The molecule has 4 nitrogen and oxygen atoms in total. The van der Waals surface area contributed by atoms with Crippen molar-refractivity contribution in [2.24, 2.45) is 0 Å². The molecule has 1 aromatic rings. The van der Waals surface area contributed by atoms with E-state index in [9.17, 15) is 14.7 Å². The first kappa shape index (κ1) is 18.0. The van der Waals surface area contributed by atoms with Gasteiger partial charge in [0.15, 0.2) is 0 Å². The molecule has 1 aliphatic rings. The Morgan fingerprint density at radius 3 is 2.74 bits per heavy atom. The normalized spacial score (nSPS) is 16.4. The van der Waals surface area contributed by atoms with E-state index in [1.54, 1.807) is 17.0 Å². The monoisotopic (exact) mass is 368 g/mol. The Labute approximate surface area is 149 Å². The van der Waals surface area contributed by atoms with Crippen LogP contribution >= 0.6 is 35.6 Å². The van der Waals surface area contributed by atoms with Gasteiger partial charge in [0.2, 0.25) is 0 Å². The van der Waals surface area contributed by atoms with E-state index in [4.69, 9.17) is 23.8 Å². The second kappa shape index (κ2) is 8.47. The van der Waals surface area contributed by atoms with Crippen LogP contribution in [0.5, 0.6) is 0 Å². The summed E-state index contributed by atoms with van der Waals surface area (Å²) >= 11 is 12.6. The van der Waals surface area contributed by atoms with E-state index < -0.39 is 5.97 Å². The van der Waals surface area contributed by atoms with Gasteiger partial charge in [-0.2, -0.15) is 0 Å². The number of hydrogen-bond donors (Lipinski definition) is 0. The van der Waals surface area contributed by atoms with E-state index in [2.05, 4.69) is 0 Å². The first-order valence-corrected chi connectivity index (χ1v) is 8.79. The summed E-state index contributed by atoms with van der Waals surface area (Å²) in [5.74, 6) is -1.17. The van der Waals surface area contributed by atoms with Gasteiger partial charge in [-0.3, -0.25) is 9.69 Å². The van der Waals surface area contributed by atoms with E-state index in [0.29, 0.717) is 40.1 Å². The summed E-state index contributed by atoms with van der Waals surface area (Å²) in [5.41, 5.74) is 0.781. The topological polar surface area (TPSA) is 60.4 Å². The van der Waals surface area contributed by atoms with Crippen molar-refractivity contribution in [3.63, 3.8) is 0 Å². The summed E-state index contributed by atoms with van der Waals surface area (Å²) in [6.45, 7) is 0.498. The van der Waals surface area contributed by atoms with Crippen LogP contribution in [0.2, 0.25) is 5.02 Å². The first-order valence-electron chi connectivity index (χ1n) is 7.19. The standard InChI is InChI=1S/C16H16ClNO3S2/c17-12-7-4-3-6-11(12)10-13-15(21)18(16(22)23-13)9-5-1-2-8-14(19)20/h3-4,6-7,10H,1-2,5,8-9H2,(H,19,20)/p-1/b13-10-. The Morgan fingerprint density at radius 1 is 1.30 bits per heavy atom. The number of carboxylic acids is 1. The van der Waals surface area contributed by atoms with Gasteiger partial charge in [-0.25, -0.2) is 0 Å². The number of benzene rings is 1. The lowest BCUT2D eigenvalue weighted by molar-refractivity contribution is -0.305. The predicted molar refractivity (Wildman–Crippen MR) is 94.8 cm³/mol. The first-order chi connectivity index (χ1) is 11.0. The minimum atomic E-state index is -1.04. The van der Waals surface area contributed by atoms with Crippen LogP contribution in [-0.4, -0.2) is 27.6 Å². The fourth-order valence-electron chi connectivity index (χ4n) is 2.14. The fourth-order valence-corrected chi connectivity index (χ4v) is 3.63. The number of aliphatic carboxylic acids is 1. The quantitative estimate of drug-likeness (QED) is 0.420. The Kier molecular flexibility index (Phi) is 6.62. The molecule has 0 spiro atoms. The summed E-state index contributed by atoms with van der Waals surface area (Å²) in [5, 5.41) is 10.9. The Morgan fingerprint density at radius 2 is 2.04 bits per heavy atom. The summed E-state index contributed by atoms with van der Waals surface area (Å²) < 4.78 is 0.521. The van der Waals surface area contributed by atoms with Crippen molar-refractivity contribution < 1.29 is 14.7 Å². The number of carbonyl (C=O) groups is 2. The zero-order valence-electron chi connectivity index (χ0n) is 12.3. The van der Waals surface area contributed by atoms with E-state index in [1.807, 2.05) is 18.2 Å². The molecule has 1 amide bonds. The van der Waals surface area contributed by atoms with Gasteiger partial charge < -0.3 is 9.90 Å². The van der Waals surface area contributed by atoms with Gasteiger partial charge >= 0.3 is 0 Å². The van der Waals surface area contributed by atoms with Gasteiger partial charge in [0.1, 0.15) is 4.32 Å². The lowest BCUT2D eigenvalue weighted by atomic mass is 10.2. The number of unbranched alkanes of at least 4 members (excludes halogenated alkanes) is 2. The highest BCUT2D eigenvalue weighted by Gasteiger charge is 2.31. The minimum absolute atomic E-state index is 0.0464. The van der Waals surface area contributed by atoms with Gasteiger partial charge in [-0.15, -0.1) is 0 Å². The number of rotatable bonds is 7. The molecule has 2 rings (SSSR count). The van der Waals surface area contributed by atoms with Crippen molar-refractivity contribution in [2.75, 3.05) is 6.54 Å². The third-order valence-corrected chi connectivity index (χ3v) is 5.05. The fraction of sp³-hybridized carbons (Fsp3) is 0.312. The van der Waals surface area contributed by atoms with Crippen LogP contribution in [-0.2, 0) is 9.59 Å². The third-order valence-electron chi connectivity index (χ3n) is 3.33. The summed E-state index contributed by atoms with van der Waals surface area (Å²) in [7, 11) is 0. The molecule has 0 atom stereocenters. The average Bonchev–Trinajstić information content (AvgIpc) is 2.76. The molecule has 0 bridgehead atoms. The molecule has 0 saturated carbocycles. The number of hydrogen-bond acceptors (Lipinski definition) is 5. The highest BCUT2D eigenvalue weighted by atomic mass is 35.5. The molecular weight excluding hydrogens is 354 g/mol. The molecule has 0 radical (unpaired) electrons. The molecule has 0 aromatic heterocycles. The van der Waals surface area contributed by atoms with Gasteiger partial charge in [-0.1, -0.05) is 60.2 Å². The van der Waals surface area contributed by atoms with Gasteiger partial charge in [-0.05, 0) is 37.0 Å². The van der Waals surface area contributed by atoms with Crippen LogP contribution < -0.4 is 5.11 Å². The van der Waals surface area contributed by atoms with Crippen molar-refractivity contribution >= 4 is 57.9 Å². The number of carboxylic acid groups (broad SMARTS) is 1. The lowest BCUT2D eigenvalue weighted by Crippen LogP contribution is -2.29. The molecule has 1 heterocycles. The van der Waals surface area contributed by atoms with E-state index >= 15 is 0 Å². The molecule has 1 fully saturated rings. The zero-order valence-corrected chi connectivity index (χ0v) is 14.7. The van der Waals surface area contributed by atoms with Crippen LogP contribution in [0.15, 0.2) is 29.2 Å². The molecular formula is C16H15ClNO3S2-. The third kappa shape index (κ3) is 5.06. The molecule has 7 heteroatoms. The summed E-state index contributed by atoms with van der Waals surface area (Å²) in [4.78, 5) is 24.9. The van der Waals surface area contributed by atoms with Crippen molar-refractivity contribution in [3.8, 4) is 0 Å². The molecule has 1 aromatic carbocycles.